The maximum absolute atomic E-state index is 12.9. The number of allylic oxidation sites excluding steroid dienone is 1. The Balaban J connectivity index is 1.08. The molecular formula is C50H56N4O6. The number of nitrogens with zero attached hydrogens (tertiary/aromatic N) is 2. The maximum atomic E-state index is 12.9. The largest absolute Gasteiger partial charge is 0.465 e. The number of aliphatic imine (C=N–C) groups is 1. The highest BCUT2D eigenvalue weighted by atomic mass is 16.5. The van der Waals surface area contributed by atoms with E-state index in [0.717, 1.165) is 84.2 Å². The Morgan fingerprint density at radius 2 is 1.85 bits per heavy atom. The number of aryl methyl sites for hydroxylation is 1. The van der Waals surface area contributed by atoms with Crippen LogP contribution in [0.2, 0.25) is 0 Å². The molecule has 0 saturated heterocycles. The van der Waals surface area contributed by atoms with Gasteiger partial charge in [-0.2, -0.15) is 0 Å². The van der Waals surface area contributed by atoms with E-state index in [1.807, 2.05) is 61.7 Å². The fourth-order valence-electron chi connectivity index (χ4n) is 9.30. The number of fused-ring (bicyclic) bond motifs is 6. The second-order valence-corrected chi connectivity index (χ2v) is 17.0. The van der Waals surface area contributed by atoms with Crippen LogP contribution in [0.25, 0.3) is 0 Å². The molecule has 4 aliphatic heterocycles. The number of aliphatic hydroxyl groups is 3. The molecule has 0 amide bonds. The number of carbonyl (C=O) groups is 1. The lowest BCUT2D eigenvalue weighted by atomic mass is 9.73. The standard InChI is InChI=1S/C50H56N4O6/c1-2-8-38(55)28-40(57)29-39(56)14-11-34-12-18-46-47(25-34)60-49-43(50(22-24-59-46)20-6-7-21-50)16-17-45(58)41-15-13-35(48(51)52-23-19-33-9-4-3-5-10-33)26-36(41)27-37-30-53-44-32-54(49)31-42(37)44/h3-5,9-10,12-13,15,18,25-26,30-31,38,40,43,45,48-49,52,55,57-58H,2,6-8,11,14,19-21,23,27-29,32,51H2,1H3/t38-,40+,43+,45-,48+,49+/m0/s1. The van der Waals surface area contributed by atoms with E-state index in [2.05, 4.69) is 58.5 Å². The minimum Gasteiger partial charge on any atom is -0.465 e. The van der Waals surface area contributed by atoms with E-state index >= 15 is 0 Å². The lowest BCUT2D eigenvalue weighted by Crippen LogP contribution is -2.47. The van der Waals surface area contributed by atoms with Gasteiger partial charge in [0.05, 0.1) is 42.0 Å². The number of nitrogens with two attached hydrogens (primary N) is 1. The van der Waals surface area contributed by atoms with Crippen molar-refractivity contribution in [2.45, 2.75) is 115 Å². The zero-order chi connectivity index (χ0) is 41.6. The molecule has 312 valence electrons. The van der Waals surface area contributed by atoms with Gasteiger partial charge in [-0.3, -0.25) is 15.1 Å². The molecule has 2 bridgehead atoms. The molecule has 0 unspecified atom stereocenters. The summed E-state index contributed by atoms with van der Waals surface area (Å²) in [7, 11) is 0. The number of hydrogen-bond donors (Lipinski definition) is 5. The molecule has 8 rings (SSSR count). The number of carbonyl (C=O) groups excluding carboxylic acids is 1. The fourth-order valence-corrected chi connectivity index (χ4v) is 9.30. The van der Waals surface area contributed by atoms with Crippen molar-refractivity contribution < 1.29 is 29.6 Å². The van der Waals surface area contributed by atoms with Crippen molar-refractivity contribution in [3.63, 3.8) is 0 Å². The van der Waals surface area contributed by atoms with Crippen molar-refractivity contribution in [3.05, 3.63) is 118 Å². The van der Waals surface area contributed by atoms with Crippen LogP contribution in [-0.2, 0) is 24.1 Å². The third kappa shape index (κ3) is 9.39. The van der Waals surface area contributed by atoms with Crippen LogP contribution in [0.3, 0.4) is 0 Å². The van der Waals surface area contributed by atoms with Gasteiger partial charge in [-0.25, -0.2) is 0 Å². The van der Waals surface area contributed by atoms with Gasteiger partial charge < -0.3 is 35.4 Å². The van der Waals surface area contributed by atoms with Crippen LogP contribution < -0.4 is 20.5 Å². The SMILES string of the molecule is CCC[C@H](O)C[C@@H](O)CC(=O)CCc1ccc2c(c1)O[C@@H]1[C@@H](C#C[C@H](O)c3ccc([C@H](N)NCCc4ccccc4)cc3CC3=CN=C4CN1C=C34)C1(C#CO2)CCCC1. The molecule has 5 aliphatic rings. The summed E-state index contributed by atoms with van der Waals surface area (Å²) in [6.45, 7) is 3.23. The highest BCUT2D eigenvalue weighted by Crippen LogP contribution is 2.49. The van der Waals surface area contributed by atoms with Crippen molar-refractivity contribution in [1.29, 1.82) is 0 Å². The monoisotopic (exact) mass is 808 g/mol. The first-order chi connectivity index (χ1) is 29.2. The van der Waals surface area contributed by atoms with Gasteiger partial charge in [-0.1, -0.05) is 98.5 Å². The zero-order valence-corrected chi connectivity index (χ0v) is 34.4. The summed E-state index contributed by atoms with van der Waals surface area (Å²) >= 11 is 0. The molecule has 0 aromatic heterocycles. The average molecular weight is 809 g/mol. The van der Waals surface area contributed by atoms with Gasteiger partial charge >= 0.3 is 0 Å². The Morgan fingerprint density at radius 3 is 2.67 bits per heavy atom. The van der Waals surface area contributed by atoms with Crippen LogP contribution >= 0.6 is 0 Å². The molecule has 1 spiro atoms. The van der Waals surface area contributed by atoms with Crippen molar-refractivity contribution in [3.8, 4) is 35.4 Å². The molecule has 1 aliphatic carbocycles. The Labute approximate surface area is 353 Å². The number of nitrogens with one attached hydrogen (secondary N) is 1. The number of hydrogen-bond acceptors (Lipinski definition) is 10. The molecule has 6 N–H and O–H groups in total. The third-order valence-corrected chi connectivity index (χ3v) is 12.6. The quantitative estimate of drug-likeness (QED) is 0.0929. The van der Waals surface area contributed by atoms with E-state index in [9.17, 15) is 20.1 Å². The second kappa shape index (κ2) is 18.6. The van der Waals surface area contributed by atoms with Crippen LogP contribution in [0.5, 0.6) is 11.5 Å². The van der Waals surface area contributed by atoms with E-state index in [4.69, 9.17) is 20.2 Å². The van der Waals surface area contributed by atoms with Gasteiger partial charge in [0.25, 0.3) is 0 Å². The first kappa shape index (κ1) is 41.5. The zero-order valence-electron chi connectivity index (χ0n) is 34.4. The number of ether oxygens (including phenoxy) is 2. The highest BCUT2D eigenvalue weighted by molar-refractivity contribution is 6.09. The Morgan fingerprint density at radius 1 is 1.02 bits per heavy atom. The topological polar surface area (TPSA) is 150 Å². The highest BCUT2D eigenvalue weighted by Gasteiger charge is 2.48. The van der Waals surface area contributed by atoms with Crippen molar-refractivity contribution >= 4 is 11.5 Å². The molecule has 10 heteroatoms. The van der Waals surface area contributed by atoms with E-state index in [1.165, 1.54) is 5.56 Å². The molecule has 3 aromatic carbocycles. The molecule has 1 fully saturated rings. The summed E-state index contributed by atoms with van der Waals surface area (Å²) in [6.07, 6.45) is 10.9. The van der Waals surface area contributed by atoms with E-state index < -0.39 is 35.9 Å². The lowest BCUT2D eigenvalue weighted by Gasteiger charge is -2.39. The fraction of sp³-hybridized carbons (Fsp3) is 0.440. The third-order valence-electron chi connectivity index (χ3n) is 12.6. The van der Waals surface area contributed by atoms with E-state index in [1.54, 1.807) is 0 Å². The van der Waals surface area contributed by atoms with E-state index in [-0.39, 0.29) is 31.2 Å². The van der Waals surface area contributed by atoms with Gasteiger partial charge in [0, 0.05) is 43.8 Å². The molecule has 1 saturated carbocycles. The summed E-state index contributed by atoms with van der Waals surface area (Å²) in [6, 6.07) is 22.0. The second-order valence-electron chi connectivity index (χ2n) is 17.0. The summed E-state index contributed by atoms with van der Waals surface area (Å²) in [5.74, 6) is 10.8. The predicted molar refractivity (Wildman–Crippen MR) is 231 cm³/mol. The Hall–Kier alpha value is -5.20. The summed E-state index contributed by atoms with van der Waals surface area (Å²) in [4.78, 5) is 20.0. The molecule has 3 aromatic rings. The van der Waals surface area contributed by atoms with Crippen LogP contribution in [0.1, 0.15) is 105 Å². The number of ketones is 1. The molecule has 60 heavy (non-hydrogen) atoms. The minimum atomic E-state index is -1.07. The van der Waals surface area contributed by atoms with Gasteiger partial charge in [-0.15, -0.1) is 0 Å². The van der Waals surface area contributed by atoms with Gasteiger partial charge in [0.15, 0.2) is 17.7 Å². The number of aliphatic hydroxyl groups excluding tert-OH is 3. The van der Waals surface area contributed by atoms with Gasteiger partial charge in [0.2, 0.25) is 0 Å². The smallest absolute Gasteiger partial charge is 0.187 e. The van der Waals surface area contributed by atoms with Crippen LogP contribution in [0, 0.1) is 35.2 Å². The minimum absolute atomic E-state index is 0.00674. The first-order valence-corrected chi connectivity index (χ1v) is 21.6. The van der Waals surface area contributed by atoms with Crippen molar-refractivity contribution in [2.24, 2.45) is 22.1 Å². The molecule has 4 heterocycles. The van der Waals surface area contributed by atoms with E-state index in [0.29, 0.717) is 37.3 Å². The van der Waals surface area contributed by atoms with Crippen molar-refractivity contribution in [2.75, 3.05) is 13.1 Å². The number of rotatable bonds is 14. The number of benzene rings is 3. The van der Waals surface area contributed by atoms with Crippen molar-refractivity contribution in [1.82, 2.24) is 10.2 Å². The Bertz CT molecular complexity index is 2270. The maximum Gasteiger partial charge on any atom is 0.187 e. The molecule has 6 atom stereocenters. The molecule has 10 nitrogen and oxygen atoms in total. The van der Waals surface area contributed by atoms with Crippen LogP contribution in [0.15, 0.2) is 95.3 Å². The summed E-state index contributed by atoms with van der Waals surface area (Å²) < 4.78 is 13.2. The van der Waals surface area contributed by atoms with Crippen LogP contribution in [0.4, 0.5) is 0 Å². The molecular weight excluding hydrogens is 753 g/mol. The summed E-state index contributed by atoms with van der Waals surface area (Å²) in [5, 5.41) is 35.9. The predicted octanol–water partition coefficient (Wildman–Crippen LogP) is 6.35. The van der Waals surface area contributed by atoms with Gasteiger partial charge in [0.1, 0.15) is 18.0 Å². The normalized spacial score (nSPS) is 22.3. The lowest BCUT2D eigenvalue weighted by molar-refractivity contribution is -0.121. The Kier molecular flexibility index (Phi) is 12.9. The van der Waals surface area contributed by atoms with Crippen LogP contribution in [-0.4, -0.2) is 63.2 Å². The molecule has 0 radical (unpaired) electrons. The first-order valence-electron chi connectivity index (χ1n) is 21.6. The average Bonchev–Trinajstić information content (AvgIpc) is 3.99. The van der Waals surface area contributed by atoms with Gasteiger partial charge in [-0.05, 0) is 84.0 Å². The number of Topliss-reactive ketones (excluding diaryl/α,β-unsaturated/α-hetero) is 1. The summed E-state index contributed by atoms with van der Waals surface area (Å²) in [5.41, 5.74) is 13.9.